The number of rotatable bonds is 15. The summed E-state index contributed by atoms with van der Waals surface area (Å²) in [5.41, 5.74) is 9.56. The van der Waals surface area contributed by atoms with Crippen LogP contribution in [0.25, 0.3) is 11.0 Å². The maximum Gasteiger partial charge on any atom is 0.246 e. The fourth-order valence-corrected chi connectivity index (χ4v) is 19.5. The van der Waals surface area contributed by atoms with Gasteiger partial charge in [-0.3, -0.25) is 0 Å². The van der Waals surface area contributed by atoms with Crippen molar-refractivity contribution in [2.24, 2.45) is 0 Å². The Labute approximate surface area is 283 Å². The minimum Gasteiger partial charge on any atom is -0.471 e. The van der Waals surface area contributed by atoms with Gasteiger partial charge in [0, 0.05) is 0 Å². The number of ether oxygens (including phenoxy) is 2. The van der Waals surface area contributed by atoms with E-state index < -0.39 is 41.2 Å². The molecule has 2 aromatic heterocycles. The summed E-state index contributed by atoms with van der Waals surface area (Å²) < 4.78 is 45.8. The Morgan fingerprint density at radius 1 is 0.830 bits per heavy atom. The number of nitrogen functional groups attached to an aromatic ring is 1. The van der Waals surface area contributed by atoms with Crippen molar-refractivity contribution in [2.45, 2.75) is 148 Å². The number of hydrogen-bond donors (Lipinski definition) is 1. The number of benzene rings is 1. The second kappa shape index (κ2) is 15.0. The molecule has 3 heterocycles. The molecule has 1 aliphatic heterocycles. The molecule has 47 heavy (non-hydrogen) atoms. The van der Waals surface area contributed by atoms with Crippen molar-refractivity contribution in [2.75, 3.05) is 12.3 Å². The highest BCUT2D eigenvalue weighted by Gasteiger charge is 2.56. The van der Waals surface area contributed by atoms with Gasteiger partial charge in [-0.2, -0.15) is 0 Å². The van der Waals surface area contributed by atoms with Gasteiger partial charge >= 0.3 is 0 Å². The second-order valence-electron chi connectivity index (χ2n) is 15.0. The maximum absolute atomic E-state index is 17.2. The predicted molar refractivity (Wildman–Crippen MR) is 192 cm³/mol. The van der Waals surface area contributed by atoms with Crippen LogP contribution in [-0.4, -0.2) is 61.4 Å². The first-order chi connectivity index (χ1) is 22.1. The van der Waals surface area contributed by atoms with E-state index in [2.05, 4.69) is 93.1 Å². The molecule has 3 aromatic rings. The van der Waals surface area contributed by atoms with Crippen molar-refractivity contribution in [3.8, 4) is 5.88 Å². The average molecular weight is 688 g/mol. The van der Waals surface area contributed by atoms with Crippen LogP contribution in [0.2, 0.25) is 33.2 Å². The van der Waals surface area contributed by atoms with Crippen LogP contribution in [0.5, 0.6) is 5.88 Å². The van der Waals surface area contributed by atoms with Gasteiger partial charge in [0.25, 0.3) is 0 Å². The van der Waals surface area contributed by atoms with Crippen LogP contribution in [0.4, 0.5) is 10.2 Å². The maximum atomic E-state index is 17.2. The summed E-state index contributed by atoms with van der Waals surface area (Å²) in [5.74, 6) is 0.439. The van der Waals surface area contributed by atoms with E-state index in [-0.39, 0.29) is 41.5 Å². The standard InChI is InChI=1S/C35H58FN5O4Si2/c1-21(2)46(22(3)4,23(5)6)43-19-28-31(45-47(24(7)8,25(9)10)26(11)12)30(36)35(44-28)41-33-29(32(37)38-20-39-33)34(40-41)42-18-27-16-14-13-15-17-27/h13-17,20-26,28,30-31,35H,18-19H2,1-12H3,(H2,37,38,39)/t28-,30+,31-,35-/m1/s1. The average Bonchev–Trinajstić information content (AvgIpc) is 3.51. The number of nitrogens with zero attached hydrogens (tertiary/aromatic N) is 4. The van der Waals surface area contributed by atoms with E-state index in [4.69, 9.17) is 29.2 Å². The first kappa shape index (κ1) is 37.4. The van der Waals surface area contributed by atoms with Crippen molar-refractivity contribution in [3.63, 3.8) is 0 Å². The van der Waals surface area contributed by atoms with E-state index in [1.54, 1.807) is 0 Å². The lowest BCUT2D eigenvalue weighted by molar-refractivity contribution is -0.0481. The smallest absolute Gasteiger partial charge is 0.246 e. The Kier molecular flexibility index (Phi) is 12.0. The number of hydrogen-bond acceptors (Lipinski definition) is 8. The molecule has 0 saturated carbocycles. The topological polar surface area (TPSA) is 107 Å². The van der Waals surface area contributed by atoms with Crippen LogP contribution in [0.3, 0.4) is 0 Å². The zero-order chi connectivity index (χ0) is 34.8. The molecule has 0 bridgehead atoms. The number of fused-ring (bicyclic) bond motifs is 1. The van der Waals surface area contributed by atoms with Crippen LogP contribution >= 0.6 is 0 Å². The zero-order valence-electron chi connectivity index (χ0n) is 30.5. The van der Waals surface area contributed by atoms with Gasteiger partial charge in [-0.25, -0.2) is 19.0 Å². The first-order valence-corrected chi connectivity index (χ1v) is 21.6. The van der Waals surface area contributed by atoms with Crippen molar-refractivity contribution >= 4 is 33.5 Å². The molecule has 1 aliphatic rings. The number of anilines is 1. The summed E-state index contributed by atoms with van der Waals surface area (Å²) in [5, 5.41) is 5.16. The Bertz CT molecular complexity index is 1410. The predicted octanol–water partition coefficient (Wildman–Crippen LogP) is 8.98. The third-order valence-corrected chi connectivity index (χ3v) is 22.6. The summed E-state index contributed by atoms with van der Waals surface area (Å²) in [6, 6.07) is 9.76. The normalized spacial score (nSPS) is 21.1. The third-order valence-electron chi connectivity index (χ3n) is 10.5. The summed E-state index contributed by atoms with van der Waals surface area (Å²) in [6.45, 7) is 27.3. The van der Waals surface area contributed by atoms with Gasteiger partial charge in [-0.15, -0.1) is 5.10 Å². The second-order valence-corrected chi connectivity index (χ2v) is 25.9. The number of nitrogens with two attached hydrogens (primary N) is 1. The molecular formula is C35H58FN5O4Si2. The lowest BCUT2D eigenvalue weighted by Gasteiger charge is -2.46. The number of alkyl halides is 1. The molecule has 9 nitrogen and oxygen atoms in total. The van der Waals surface area contributed by atoms with Crippen LogP contribution < -0.4 is 10.5 Å². The minimum absolute atomic E-state index is 0.206. The van der Waals surface area contributed by atoms with Crippen molar-refractivity contribution in [1.29, 1.82) is 0 Å². The quantitative estimate of drug-likeness (QED) is 0.158. The fraction of sp³-hybridized carbons (Fsp3) is 0.686. The third kappa shape index (κ3) is 7.03. The molecule has 12 heteroatoms. The largest absolute Gasteiger partial charge is 0.471 e. The number of halogens is 1. The summed E-state index contributed by atoms with van der Waals surface area (Å²) in [6.07, 6.45) is -2.79. The van der Waals surface area contributed by atoms with Gasteiger partial charge in [-0.1, -0.05) is 113 Å². The van der Waals surface area contributed by atoms with Crippen molar-refractivity contribution < 1.29 is 22.7 Å². The summed E-state index contributed by atoms with van der Waals surface area (Å²) in [4.78, 5) is 8.68. The van der Waals surface area contributed by atoms with Crippen LogP contribution in [0.15, 0.2) is 36.7 Å². The Hall–Kier alpha value is -2.39. The zero-order valence-corrected chi connectivity index (χ0v) is 32.5. The molecule has 0 aliphatic carbocycles. The first-order valence-electron chi connectivity index (χ1n) is 17.4. The van der Waals surface area contributed by atoms with Crippen LogP contribution in [0, 0.1) is 0 Å². The molecule has 2 N–H and O–H groups in total. The highest BCUT2D eigenvalue weighted by molar-refractivity contribution is 6.78. The van der Waals surface area contributed by atoms with E-state index >= 15 is 4.39 Å². The molecule has 0 radical (unpaired) electrons. The van der Waals surface area contributed by atoms with Gasteiger partial charge in [0.1, 0.15) is 36.3 Å². The van der Waals surface area contributed by atoms with Crippen LogP contribution in [0.1, 0.15) is 94.9 Å². The Morgan fingerprint density at radius 2 is 1.38 bits per heavy atom. The highest BCUT2D eigenvalue weighted by Crippen LogP contribution is 2.48. The van der Waals surface area contributed by atoms with Gasteiger partial charge in [-0.05, 0) is 38.8 Å². The molecule has 262 valence electrons. The molecular weight excluding hydrogens is 630 g/mol. The fourth-order valence-electron chi connectivity index (χ4n) is 8.50. The molecule has 4 atom stereocenters. The summed E-state index contributed by atoms with van der Waals surface area (Å²) >= 11 is 0. The minimum atomic E-state index is -2.52. The molecule has 0 amide bonds. The molecule has 1 fully saturated rings. The highest BCUT2D eigenvalue weighted by atomic mass is 28.4. The van der Waals surface area contributed by atoms with Gasteiger partial charge in [0.15, 0.2) is 26.4 Å². The van der Waals surface area contributed by atoms with Gasteiger partial charge < -0.3 is 24.1 Å². The Balaban J connectivity index is 1.78. The Morgan fingerprint density at radius 3 is 1.91 bits per heavy atom. The van der Waals surface area contributed by atoms with E-state index in [1.165, 1.54) is 11.0 Å². The molecule has 0 spiro atoms. The van der Waals surface area contributed by atoms with E-state index in [0.29, 0.717) is 27.7 Å². The van der Waals surface area contributed by atoms with Crippen LogP contribution in [-0.2, 0) is 20.2 Å². The van der Waals surface area contributed by atoms with E-state index in [1.807, 2.05) is 30.3 Å². The molecule has 1 saturated heterocycles. The van der Waals surface area contributed by atoms with E-state index in [0.717, 1.165) is 5.56 Å². The molecule has 0 unspecified atom stereocenters. The molecule has 1 aromatic carbocycles. The number of aromatic nitrogens is 4. The SMILES string of the molecule is CC(C)[Si](OC[C@H]1O[C@@H](n2nc(OCc3ccccc3)c3c(N)ncnc32)[C@@H](F)[C@@H]1O[Si](C(C)C)(C(C)C)C(C)C)(C(C)C)C(C)C. The molecule has 4 rings (SSSR count). The van der Waals surface area contributed by atoms with Gasteiger partial charge in [0.05, 0.1) is 6.61 Å². The summed E-state index contributed by atoms with van der Waals surface area (Å²) in [7, 11) is -4.81. The van der Waals surface area contributed by atoms with Crippen molar-refractivity contribution in [1.82, 2.24) is 19.7 Å². The monoisotopic (exact) mass is 687 g/mol. The van der Waals surface area contributed by atoms with Crippen molar-refractivity contribution in [3.05, 3.63) is 42.2 Å². The van der Waals surface area contributed by atoms with Gasteiger partial charge in [0.2, 0.25) is 14.2 Å². The lowest BCUT2D eigenvalue weighted by atomic mass is 10.1. The lowest BCUT2D eigenvalue weighted by Crippen LogP contribution is -2.55. The van der Waals surface area contributed by atoms with E-state index in [9.17, 15) is 0 Å².